The third kappa shape index (κ3) is 4.35. The van der Waals surface area contributed by atoms with E-state index in [2.05, 4.69) is 12.2 Å². The highest BCUT2D eigenvalue weighted by molar-refractivity contribution is 5.78. The van der Waals surface area contributed by atoms with Crippen molar-refractivity contribution < 1.29 is 14.3 Å². The number of ether oxygens (including phenoxy) is 1. The lowest BCUT2D eigenvalue weighted by molar-refractivity contribution is -0.128. The summed E-state index contributed by atoms with van der Waals surface area (Å²) >= 11 is 0. The predicted octanol–water partition coefficient (Wildman–Crippen LogP) is 1.45. The summed E-state index contributed by atoms with van der Waals surface area (Å²) in [6.45, 7) is 12.5. The first kappa shape index (κ1) is 17.1. The third-order valence-electron chi connectivity index (χ3n) is 4.13. The summed E-state index contributed by atoms with van der Waals surface area (Å²) in [6, 6.07) is 0.206. The SMILES string of the molecule is CC1CC(=O)N(C[C@H]2CN(C(=O)OC(C)(C)C)[C@H](C)CN2)C1. The Bertz CT molecular complexity index is 433. The second-order valence-corrected chi connectivity index (χ2v) is 7.69. The van der Waals surface area contributed by atoms with Gasteiger partial charge in [-0.1, -0.05) is 6.92 Å². The highest BCUT2D eigenvalue weighted by Gasteiger charge is 2.34. The van der Waals surface area contributed by atoms with Crippen LogP contribution in [-0.2, 0) is 9.53 Å². The first-order valence-electron chi connectivity index (χ1n) is 8.16. The predicted molar refractivity (Wildman–Crippen MR) is 84.6 cm³/mol. The third-order valence-corrected chi connectivity index (χ3v) is 4.13. The van der Waals surface area contributed by atoms with Gasteiger partial charge in [-0.05, 0) is 33.6 Å². The van der Waals surface area contributed by atoms with Crippen LogP contribution in [0.25, 0.3) is 0 Å². The summed E-state index contributed by atoms with van der Waals surface area (Å²) < 4.78 is 5.48. The van der Waals surface area contributed by atoms with Crippen molar-refractivity contribution in [2.24, 2.45) is 5.92 Å². The fraction of sp³-hybridized carbons (Fsp3) is 0.875. The molecule has 2 amide bonds. The number of nitrogens with zero attached hydrogens (tertiary/aromatic N) is 2. The summed E-state index contributed by atoms with van der Waals surface area (Å²) in [5, 5.41) is 3.44. The molecule has 6 nitrogen and oxygen atoms in total. The van der Waals surface area contributed by atoms with Crippen LogP contribution < -0.4 is 5.32 Å². The molecule has 2 fully saturated rings. The molecule has 1 unspecified atom stereocenters. The van der Waals surface area contributed by atoms with Gasteiger partial charge in [-0.25, -0.2) is 4.79 Å². The second-order valence-electron chi connectivity index (χ2n) is 7.69. The molecule has 2 heterocycles. The minimum atomic E-state index is -0.489. The lowest BCUT2D eigenvalue weighted by Crippen LogP contribution is -2.60. The minimum absolute atomic E-state index is 0.0966. The molecule has 2 rings (SSSR count). The van der Waals surface area contributed by atoms with E-state index in [0.29, 0.717) is 25.4 Å². The molecule has 1 N–H and O–H groups in total. The van der Waals surface area contributed by atoms with Crippen molar-refractivity contribution in [2.75, 3.05) is 26.2 Å². The average Bonchev–Trinajstić information content (AvgIpc) is 2.68. The van der Waals surface area contributed by atoms with E-state index < -0.39 is 5.60 Å². The molecule has 0 bridgehead atoms. The van der Waals surface area contributed by atoms with Gasteiger partial charge in [0, 0.05) is 44.7 Å². The Kier molecular flexibility index (Phi) is 5.00. The maximum Gasteiger partial charge on any atom is 0.410 e. The molecule has 0 aromatic heterocycles. The van der Waals surface area contributed by atoms with Crippen molar-refractivity contribution in [3.05, 3.63) is 0 Å². The molecular formula is C16H29N3O3. The number of rotatable bonds is 2. The fourth-order valence-corrected chi connectivity index (χ4v) is 3.04. The Balaban J connectivity index is 1.93. The van der Waals surface area contributed by atoms with Gasteiger partial charge in [0.15, 0.2) is 0 Å². The van der Waals surface area contributed by atoms with Crippen molar-refractivity contribution >= 4 is 12.0 Å². The van der Waals surface area contributed by atoms with Crippen molar-refractivity contribution in [2.45, 2.75) is 58.7 Å². The molecule has 126 valence electrons. The molecule has 22 heavy (non-hydrogen) atoms. The highest BCUT2D eigenvalue weighted by Crippen LogP contribution is 2.19. The highest BCUT2D eigenvalue weighted by atomic mass is 16.6. The molecule has 0 saturated carbocycles. The fourth-order valence-electron chi connectivity index (χ4n) is 3.04. The van der Waals surface area contributed by atoms with E-state index in [1.54, 1.807) is 4.90 Å². The van der Waals surface area contributed by atoms with Gasteiger partial charge >= 0.3 is 6.09 Å². The Hall–Kier alpha value is -1.30. The molecule has 0 aromatic carbocycles. The van der Waals surface area contributed by atoms with Crippen molar-refractivity contribution in [1.82, 2.24) is 15.1 Å². The molecule has 2 saturated heterocycles. The second kappa shape index (κ2) is 6.44. The zero-order valence-electron chi connectivity index (χ0n) is 14.4. The number of carbonyl (C=O) groups is 2. The van der Waals surface area contributed by atoms with E-state index >= 15 is 0 Å². The normalized spacial score (nSPS) is 29.9. The standard InChI is InChI=1S/C16H29N3O3/c1-11-6-14(20)18(8-11)9-13-10-19(12(2)7-17-13)15(21)22-16(3,4)5/h11-13,17H,6-10H2,1-5H3/t11?,12-,13+/m1/s1. The van der Waals surface area contributed by atoms with Crippen LogP contribution in [0, 0.1) is 5.92 Å². The van der Waals surface area contributed by atoms with E-state index in [1.807, 2.05) is 32.6 Å². The van der Waals surface area contributed by atoms with Gasteiger partial charge in [0.05, 0.1) is 0 Å². The van der Waals surface area contributed by atoms with Gasteiger partial charge in [-0.15, -0.1) is 0 Å². The molecular weight excluding hydrogens is 282 g/mol. The molecule has 6 heteroatoms. The Morgan fingerprint density at radius 3 is 2.55 bits per heavy atom. The van der Waals surface area contributed by atoms with Crippen LogP contribution in [0.5, 0.6) is 0 Å². The molecule has 2 aliphatic rings. The van der Waals surface area contributed by atoms with Crippen LogP contribution in [0.1, 0.15) is 41.0 Å². The zero-order chi connectivity index (χ0) is 16.5. The van der Waals surface area contributed by atoms with Gasteiger partial charge in [0.1, 0.15) is 5.60 Å². The maximum atomic E-state index is 12.3. The van der Waals surface area contributed by atoms with E-state index in [4.69, 9.17) is 4.74 Å². The lowest BCUT2D eigenvalue weighted by atomic mass is 10.1. The summed E-state index contributed by atoms with van der Waals surface area (Å²) in [5.74, 6) is 0.647. The molecule has 3 atom stereocenters. The summed E-state index contributed by atoms with van der Waals surface area (Å²) in [6.07, 6.45) is 0.367. The minimum Gasteiger partial charge on any atom is -0.444 e. The topological polar surface area (TPSA) is 61.9 Å². The number of hydrogen-bond donors (Lipinski definition) is 1. The number of piperazine rings is 1. The Labute approximate surface area is 133 Å². The number of nitrogens with one attached hydrogen (secondary N) is 1. The van der Waals surface area contributed by atoms with E-state index in [-0.39, 0.29) is 24.1 Å². The number of amides is 2. The van der Waals surface area contributed by atoms with Gasteiger partial charge in [-0.3, -0.25) is 4.79 Å². The van der Waals surface area contributed by atoms with Crippen molar-refractivity contribution in [3.63, 3.8) is 0 Å². The Morgan fingerprint density at radius 2 is 2.00 bits per heavy atom. The monoisotopic (exact) mass is 311 g/mol. The molecule has 0 radical (unpaired) electrons. The van der Waals surface area contributed by atoms with Gasteiger partial charge in [0.25, 0.3) is 0 Å². The molecule has 2 aliphatic heterocycles. The van der Waals surface area contributed by atoms with Gasteiger partial charge in [0.2, 0.25) is 5.91 Å². The Morgan fingerprint density at radius 1 is 1.32 bits per heavy atom. The van der Waals surface area contributed by atoms with Gasteiger partial charge < -0.3 is 19.9 Å². The average molecular weight is 311 g/mol. The van der Waals surface area contributed by atoms with Crippen LogP contribution in [0.15, 0.2) is 0 Å². The van der Waals surface area contributed by atoms with Crippen molar-refractivity contribution in [1.29, 1.82) is 0 Å². The van der Waals surface area contributed by atoms with Crippen molar-refractivity contribution in [3.8, 4) is 0 Å². The van der Waals surface area contributed by atoms with Crippen LogP contribution >= 0.6 is 0 Å². The largest absolute Gasteiger partial charge is 0.444 e. The summed E-state index contributed by atoms with van der Waals surface area (Å²) in [7, 11) is 0. The number of likely N-dealkylation sites (tertiary alicyclic amines) is 1. The smallest absolute Gasteiger partial charge is 0.410 e. The van der Waals surface area contributed by atoms with Crippen LogP contribution in [0.2, 0.25) is 0 Å². The van der Waals surface area contributed by atoms with Crippen LogP contribution in [0.4, 0.5) is 4.79 Å². The van der Waals surface area contributed by atoms with Gasteiger partial charge in [-0.2, -0.15) is 0 Å². The summed E-state index contributed by atoms with van der Waals surface area (Å²) in [4.78, 5) is 27.9. The van der Waals surface area contributed by atoms with Crippen LogP contribution in [0.3, 0.4) is 0 Å². The van der Waals surface area contributed by atoms with E-state index in [0.717, 1.165) is 13.1 Å². The number of carbonyl (C=O) groups excluding carboxylic acids is 2. The lowest BCUT2D eigenvalue weighted by Gasteiger charge is -2.40. The maximum absolute atomic E-state index is 12.3. The zero-order valence-corrected chi connectivity index (χ0v) is 14.4. The van der Waals surface area contributed by atoms with E-state index in [1.165, 1.54) is 0 Å². The quantitative estimate of drug-likeness (QED) is 0.838. The molecule has 0 aliphatic carbocycles. The molecule has 0 spiro atoms. The number of hydrogen-bond acceptors (Lipinski definition) is 4. The van der Waals surface area contributed by atoms with E-state index in [9.17, 15) is 9.59 Å². The molecule has 0 aromatic rings. The summed E-state index contributed by atoms with van der Waals surface area (Å²) in [5.41, 5.74) is -0.489. The first-order chi connectivity index (χ1) is 10.2. The first-order valence-corrected chi connectivity index (χ1v) is 8.16. The van der Waals surface area contributed by atoms with Crippen LogP contribution in [-0.4, -0.2) is 65.7 Å².